The van der Waals surface area contributed by atoms with Crippen LogP contribution in [-0.2, 0) is 6.42 Å². The van der Waals surface area contributed by atoms with Crippen molar-refractivity contribution in [2.45, 2.75) is 52.9 Å². The molecule has 2 atom stereocenters. The van der Waals surface area contributed by atoms with Crippen LogP contribution in [0.2, 0.25) is 0 Å². The summed E-state index contributed by atoms with van der Waals surface area (Å²) in [6, 6.07) is 6.68. The summed E-state index contributed by atoms with van der Waals surface area (Å²) in [4.78, 5) is 0. The highest BCUT2D eigenvalue weighted by molar-refractivity contribution is 5.35. The van der Waals surface area contributed by atoms with E-state index in [0.717, 1.165) is 5.92 Å². The standard InChI is InChI=1S/C20H26/c1-15-6-4-7-16(2)19(15)10-9-17-11-13-20(3)12-5-8-18(20)14-17/h4-8,12,17H,9-11,13-14H2,1-3H3. The van der Waals surface area contributed by atoms with Gasteiger partial charge < -0.3 is 0 Å². The predicted molar refractivity (Wildman–Crippen MR) is 86.9 cm³/mol. The minimum absolute atomic E-state index is 0.398. The number of aryl methyl sites for hydroxylation is 2. The zero-order valence-electron chi connectivity index (χ0n) is 13.1. The molecule has 0 aromatic heterocycles. The van der Waals surface area contributed by atoms with Crippen LogP contribution in [0, 0.1) is 25.2 Å². The maximum Gasteiger partial charge on any atom is 0.00689 e. The van der Waals surface area contributed by atoms with Gasteiger partial charge in [0, 0.05) is 5.41 Å². The lowest BCUT2D eigenvalue weighted by atomic mass is 9.69. The maximum absolute atomic E-state index is 2.41. The Bertz CT molecular complexity index is 541. The molecule has 3 rings (SSSR count). The first kappa shape index (κ1) is 13.7. The smallest absolute Gasteiger partial charge is 0.00689 e. The Kier molecular flexibility index (Phi) is 3.58. The Balaban J connectivity index is 1.63. The zero-order valence-corrected chi connectivity index (χ0v) is 13.1. The Morgan fingerprint density at radius 2 is 1.95 bits per heavy atom. The van der Waals surface area contributed by atoms with Gasteiger partial charge in [-0.15, -0.1) is 0 Å². The van der Waals surface area contributed by atoms with Crippen molar-refractivity contribution in [1.29, 1.82) is 0 Å². The first-order valence-electron chi connectivity index (χ1n) is 8.02. The van der Waals surface area contributed by atoms with Crippen molar-refractivity contribution >= 4 is 0 Å². The van der Waals surface area contributed by atoms with E-state index < -0.39 is 0 Å². The summed E-state index contributed by atoms with van der Waals surface area (Å²) in [7, 11) is 0. The van der Waals surface area contributed by atoms with Gasteiger partial charge in [0.15, 0.2) is 0 Å². The van der Waals surface area contributed by atoms with Gasteiger partial charge in [0.25, 0.3) is 0 Å². The van der Waals surface area contributed by atoms with Gasteiger partial charge in [0.05, 0.1) is 0 Å². The lowest BCUT2D eigenvalue weighted by molar-refractivity contribution is 0.294. The van der Waals surface area contributed by atoms with Crippen molar-refractivity contribution in [2.75, 3.05) is 0 Å². The first-order valence-corrected chi connectivity index (χ1v) is 8.02. The minimum Gasteiger partial charge on any atom is -0.0745 e. The van der Waals surface area contributed by atoms with Crippen molar-refractivity contribution in [3.8, 4) is 0 Å². The van der Waals surface area contributed by atoms with Crippen LogP contribution in [0.3, 0.4) is 0 Å². The van der Waals surface area contributed by atoms with Gasteiger partial charge in [0.1, 0.15) is 0 Å². The fourth-order valence-corrected chi connectivity index (χ4v) is 3.97. The van der Waals surface area contributed by atoms with E-state index in [4.69, 9.17) is 0 Å². The van der Waals surface area contributed by atoms with Gasteiger partial charge in [-0.3, -0.25) is 0 Å². The molecule has 0 radical (unpaired) electrons. The Hall–Kier alpha value is -1.30. The molecule has 0 heteroatoms. The van der Waals surface area contributed by atoms with E-state index in [0.29, 0.717) is 5.41 Å². The highest BCUT2D eigenvalue weighted by Crippen LogP contribution is 2.47. The minimum atomic E-state index is 0.398. The largest absolute Gasteiger partial charge is 0.0745 e. The average molecular weight is 266 g/mol. The molecule has 0 saturated heterocycles. The van der Waals surface area contributed by atoms with Crippen LogP contribution in [-0.4, -0.2) is 0 Å². The van der Waals surface area contributed by atoms with Gasteiger partial charge in [-0.05, 0) is 68.6 Å². The highest BCUT2D eigenvalue weighted by atomic mass is 14.4. The number of benzene rings is 1. The van der Waals surface area contributed by atoms with Crippen molar-refractivity contribution in [3.05, 3.63) is 58.7 Å². The Morgan fingerprint density at radius 1 is 1.20 bits per heavy atom. The molecule has 2 aliphatic rings. The molecule has 2 unspecified atom stereocenters. The average Bonchev–Trinajstić information content (AvgIpc) is 2.79. The number of allylic oxidation sites excluding steroid dienone is 4. The Morgan fingerprint density at radius 3 is 2.70 bits per heavy atom. The second-order valence-corrected chi connectivity index (χ2v) is 6.99. The summed E-state index contributed by atoms with van der Waals surface area (Å²) in [6.07, 6.45) is 13.7. The second-order valence-electron chi connectivity index (χ2n) is 6.99. The molecule has 1 saturated carbocycles. The molecule has 0 nitrogen and oxygen atoms in total. The summed E-state index contributed by atoms with van der Waals surface area (Å²) in [5.74, 6) is 0.883. The molecule has 0 heterocycles. The lowest BCUT2D eigenvalue weighted by Gasteiger charge is -2.36. The van der Waals surface area contributed by atoms with Crippen molar-refractivity contribution in [3.63, 3.8) is 0 Å². The number of rotatable bonds is 3. The van der Waals surface area contributed by atoms with Gasteiger partial charge >= 0.3 is 0 Å². The van der Waals surface area contributed by atoms with Crippen LogP contribution < -0.4 is 0 Å². The summed E-state index contributed by atoms with van der Waals surface area (Å²) in [5.41, 5.74) is 6.59. The van der Waals surface area contributed by atoms with E-state index >= 15 is 0 Å². The molecule has 20 heavy (non-hydrogen) atoms. The molecule has 1 aromatic carbocycles. The third-order valence-electron chi connectivity index (χ3n) is 5.52. The first-order chi connectivity index (χ1) is 9.58. The van der Waals surface area contributed by atoms with Crippen LogP contribution in [0.1, 0.15) is 49.3 Å². The molecule has 0 N–H and O–H groups in total. The SMILES string of the molecule is Cc1cccc(C)c1CCC1CCC2(C)C=CC=C2C1. The van der Waals surface area contributed by atoms with Gasteiger partial charge in [-0.2, -0.15) is 0 Å². The monoisotopic (exact) mass is 266 g/mol. The number of hydrogen-bond donors (Lipinski definition) is 0. The topological polar surface area (TPSA) is 0 Å². The molecule has 1 fully saturated rings. The summed E-state index contributed by atoms with van der Waals surface area (Å²) >= 11 is 0. The fourth-order valence-electron chi connectivity index (χ4n) is 3.97. The molecule has 0 aliphatic heterocycles. The normalized spacial score (nSPS) is 28.4. The van der Waals surface area contributed by atoms with Crippen LogP contribution in [0.4, 0.5) is 0 Å². The molecule has 2 aliphatic carbocycles. The van der Waals surface area contributed by atoms with Crippen LogP contribution in [0.25, 0.3) is 0 Å². The molecule has 1 aromatic rings. The summed E-state index contributed by atoms with van der Waals surface area (Å²) in [5, 5.41) is 0. The van der Waals surface area contributed by atoms with Crippen molar-refractivity contribution in [2.24, 2.45) is 11.3 Å². The van der Waals surface area contributed by atoms with E-state index in [1.165, 1.54) is 43.2 Å². The predicted octanol–water partition coefficient (Wildman–Crippen LogP) is 5.54. The molecular formula is C20H26. The van der Waals surface area contributed by atoms with Crippen molar-refractivity contribution < 1.29 is 0 Å². The molecule has 0 amide bonds. The van der Waals surface area contributed by atoms with E-state index in [1.807, 2.05) is 0 Å². The highest BCUT2D eigenvalue weighted by Gasteiger charge is 2.34. The number of fused-ring (bicyclic) bond motifs is 1. The molecular weight excluding hydrogens is 240 g/mol. The van der Waals surface area contributed by atoms with E-state index in [-0.39, 0.29) is 0 Å². The van der Waals surface area contributed by atoms with Crippen LogP contribution in [0.5, 0.6) is 0 Å². The molecule has 106 valence electrons. The van der Waals surface area contributed by atoms with Crippen LogP contribution >= 0.6 is 0 Å². The second kappa shape index (κ2) is 5.24. The summed E-state index contributed by atoms with van der Waals surface area (Å²) < 4.78 is 0. The number of hydrogen-bond acceptors (Lipinski definition) is 0. The van der Waals surface area contributed by atoms with Gasteiger partial charge in [-0.25, -0.2) is 0 Å². The van der Waals surface area contributed by atoms with Gasteiger partial charge in [-0.1, -0.05) is 48.9 Å². The van der Waals surface area contributed by atoms with Crippen molar-refractivity contribution in [1.82, 2.24) is 0 Å². The molecule has 0 spiro atoms. The third kappa shape index (κ3) is 2.49. The van der Waals surface area contributed by atoms with E-state index in [2.05, 4.69) is 57.2 Å². The third-order valence-corrected chi connectivity index (χ3v) is 5.52. The zero-order chi connectivity index (χ0) is 14.2. The summed E-state index contributed by atoms with van der Waals surface area (Å²) in [6.45, 7) is 6.91. The van der Waals surface area contributed by atoms with E-state index in [1.54, 1.807) is 11.1 Å². The van der Waals surface area contributed by atoms with Gasteiger partial charge in [0.2, 0.25) is 0 Å². The quantitative estimate of drug-likeness (QED) is 0.674. The molecule has 0 bridgehead atoms. The maximum atomic E-state index is 2.41. The Labute approximate surface area is 123 Å². The fraction of sp³-hybridized carbons (Fsp3) is 0.500. The lowest BCUT2D eigenvalue weighted by Crippen LogP contribution is -2.24. The van der Waals surface area contributed by atoms with E-state index in [9.17, 15) is 0 Å². The van der Waals surface area contributed by atoms with Crippen LogP contribution in [0.15, 0.2) is 42.0 Å².